The monoisotopic (exact) mass is 351 g/mol. The Balaban J connectivity index is 1.49. The second-order valence-corrected chi connectivity index (χ2v) is 7.50. The molecule has 2 fully saturated rings. The highest BCUT2D eigenvalue weighted by Gasteiger charge is 2.31. The number of para-hydroxylation sites is 1. The second kappa shape index (κ2) is 6.71. The zero-order valence-corrected chi connectivity index (χ0v) is 14.2. The number of nitrogens with zero attached hydrogens (tertiary/aromatic N) is 3. The zero-order valence-electron chi connectivity index (χ0n) is 12.7. The van der Waals surface area contributed by atoms with Crippen molar-refractivity contribution in [3.63, 3.8) is 0 Å². The van der Waals surface area contributed by atoms with E-state index in [0.29, 0.717) is 28.7 Å². The summed E-state index contributed by atoms with van der Waals surface area (Å²) >= 11 is 7.91. The van der Waals surface area contributed by atoms with Crippen LogP contribution in [0.15, 0.2) is 29.4 Å². The third kappa shape index (κ3) is 3.49. The average Bonchev–Trinajstić information content (AvgIpc) is 3.11. The first kappa shape index (κ1) is 15.3. The van der Waals surface area contributed by atoms with E-state index in [1.165, 1.54) is 12.8 Å². The molecule has 122 valence electrons. The minimum absolute atomic E-state index is 0.384. The maximum atomic E-state index is 6.14. The molecular formula is C16H18ClN3O2S. The predicted octanol–water partition coefficient (Wildman–Crippen LogP) is 3.73. The molecule has 0 amide bonds. The highest BCUT2D eigenvalue weighted by atomic mass is 35.5. The molecule has 1 aliphatic carbocycles. The molecule has 2 aliphatic rings. The molecule has 4 rings (SSSR count). The molecule has 0 spiro atoms. The van der Waals surface area contributed by atoms with Crippen molar-refractivity contribution in [2.45, 2.75) is 42.3 Å². The fourth-order valence-corrected chi connectivity index (χ4v) is 3.97. The van der Waals surface area contributed by atoms with Gasteiger partial charge in [0, 0.05) is 17.9 Å². The number of rotatable bonds is 6. The molecule has 0 N–H and O–H groups in total. The van der Waals surface area contributed by atoms with Gasteiger partial charge in [-0.25, -0.2) is 0 Å². The van der Waals surface area contributed by atoms with Crippen LogP contribution in [0.3, 0.4) is 0 Å². The maximum Gasteiger partial charge on any atom is 0.191 e. The Morgan fingerprint density at radius 2 is 2.13 bits per heavy atom. The van der Waals surface area contributed by atoms with Crippen molar-refractivity contribution in [3.8, 4) is 5.75 Å². The van der Waals surface area contributed by atoms with Crippen molar-refractivity contribution in [3.05, 3.63) is 35.1 Å². The number of thioether (sulfide) groups is 1. The third-order valence-corrected chi connectivity index (χ3v) is 5.51. The molecule has 2 heterocycles. The van der Waals surface area contributed by atoms with Crippen molar-refractivity contribution in [1.29, 1.82) is 0 Å². The van der Waals surface area contributed by atoms with Crippen LogP contribution in [0.1, 0.15) is 31.1 Å². The first-order valence-corrected chi connectivity index (χ1v) is 9.12. The number of benzene rings is 1. The van der Waals surface area contributed by atoms with Gasteiger partial charge < -0.3 is 9.47 Å². The molecule has 0 bridgehead atoms. The Kier molecular flexibility index (Phi) is 4.46. The molecule has 1 saturated carbocycles. The predicted molar refractivity (Wildman–Crippen MR) is 89.2 cm³/mol. The summed E-state index contributed by atoms with van der Waals surface area (Å²) in [5, 5.41) is 10.8. The SMILES string of the molecule is Clc1ccccc1OCc1nnc(S[C@@H]2CCOC2)n1C1CC1. The Morgan fingerprint density at radius 1 is 1.26 bits per heavy atom. The molecule has 23 heavy (non-hydrogen) atoms. The topological polar surface area (TPSA) is 49.2 Å². The Hall–Kier alpha value is -1.24. The molecule has 0 unspecified atom stereocenters. The standard InChI is InChI=1S/C16H18ClN3O2S/c17-13-3-1-2-4-14(13)22-10-15-18-19-16(20(15)11-5-6-11)23-12-7-8-21-9-12/h1-4,11-12H,5-10H2/t12-/m1/s1. The van der Waals surface area contributed by atoms with Gasteiger partial charge in [0.25, 0.3) is 0 Å². The van der Waals surface area contributed by atoms with Crippen molar-refractivity contribution in [2.75, 3.05) is 13.2 Å². The molecule has 5 nitrogen and oxygen atoms in total. The van der Waals surface area contributed by atoms with E-state index in [9.17, 15) is 0 Å². The summed E-state index contributed by atoms with van der Waals surface area (Å²) in [6.07, 6.45) is 3.45. The van der Waals surface area contributed by atoms with E-state index >= 15 is 0 Å². The number of hydrogen-bond acceptors (Lipinski definition) is 5. The van der Waals surface area contributed by atoms with Crippen molar-refractivity contribution in [2.24, 2.45) is 0 Å². The van der Waals surface area contributed by atoms with E-state index in [-0.39, 0.29) is 0 Å². The lowest BCUT2D eigenvalue weighted by Gasteiger charge is -2.12. The molecule has 1 saturated heterocycles. The van der Waals surface area contributed by atoms with Crippen LogP contribution in [-0.2, 0) is 11.3 Å². The summed E-state index contributed by atoms with van der Waals surface area (Å²) < 4.78 is 13.5. The van der Waals surface area contributed by atoms with E-state index in [0.717, 1.165) is 30.6 Å². The van der Waals surface area contributed by atoms with Gasteiger partial charge in [0.15, 0.2) is 11.0 Å². The molecular weight excluding hydrogens is 334 g/mol. The van der Waals surface area contributed by atoms with Crippen molar-refractivity contribution in [1.82, 2.24) is 14.8 Å². The van der Waals surface area contributed by atoms with Crippen molar-refractivity contribution >= 4 is 23.4 Å². The molecule has 0 radical (unpaired) electrons. The number of hydrogen-bond donors (Lipinski definition) is 0. The summed E-state index contributed by atoms with van der Waals surface area (Å²) in [6.45, 7) is 2.03. The summed E-state index contributed by atoms with van der Waals surface area (Å²) in [6, 6.07) is 8.00. The van der Waals surface area contributed by atoms with Gasteiger partial charge in [0.1, 0.15) is 12.4 Å². The van der Waals surface area contributed by atoms with Crippen LogP contribution >= 0.6 is 23.4 Å². The van der Waals surface area contributed by atoms with Crippen LogP contribution in [-0.4, -0.2) is 33.2 Å². The fraction of sp³-hybridized carbons (Fsp3) is 0.500. The summed E-state index contributed by atoms with van der Waals surface area (Å²) in [5.74, 6) is 1.55. The Bertz CT molecular complexity index is 684. The van der Waals surface area contributed by atoms with Gasteiger partial charge in [-0.2, -0.15) is 0 Å². The summed E-state index contributed by atoms with van der Waals surface area (Å²) in [5.41, 5.74) is 0. The smallest absolute Gasteiger partial charge is 0.191 e. The minimum atomic E-state index is 0.384. The summed E-state index contributed by atoms with van der Waals surface area (Å²) in [7, 11) is 0. The lowest BCUT2D eigenvalue weighted by molar-refractivity contribution is 0.199. The zero-order chi connectivity index (χ0) is 15.6. The number of aromatic nitrogens is 3. The van der Waals surface area contributed by atoms with Gasteiger partial charge >= 0.3 is 0 Å². The minimum Gasteiger partial charge on any atom is -0.484 e. The van der Waals surface area contributed by atoms with Gasteiger partial charge in [-0.3, -0.25) is 4.57 Å². The molecule has 1 aromatic heterocycles. The molecule has 7 heteroatoms. The second-order valence-electron chi connectivity index (χ2n) is 5.82. The van der Waals surface area contributed by atoms with Crippen LogP contribution in [0.5, 0.6) is 5.75 Å². The first-order chi connectivity index (χ1) is 11.3. The van der Waals surface area contributed by atoms with Crippen LogP contribution in [0.2, 0.25) is 5.02 Å². The molecule has 2 aromatic rings. The van der Waals surface area contributed by atoms with Gasteiger partial charge in [0.05, 0.1) is 11.6 Å². The van der Waals surface area contributed by atoms with Gasteiger partial charge in [-0.15, -0.1) is 10.2 Å². The molecule has 1 aromatic carbocycles. The average molecular weight is 352 g/mol. The highest BCUT2D eigenvalue weighted by Crippen LogP contribution is 2.40. The van der Waals surface area contributed by atoms with Crippen LogP contribution < -0.4 is 4.74 Å². The van der Waals surface area contributed by atoms with E-state index in [1.807, 2.05) is 24.3 Å². The maximum absolute atomic E-state index is 6.14. The summed E-state index contributed by atoms with van der Waals surface area (Å²) in [4.78, 5) is 0. The quantitative estimate of drug-likeness (QED) is 0.793. The molecule has 1 aliphatic heterocycles. The highest BCUT2D eigenvalue weighted by molar-refractivity contribution is 7.99. The lowest BCUT2D eigenvalue weighted by Crippen LogP contribution is -2.09. The van der Waals surface area contributed by atoms with Crippen LogP contribution in [0, 0.1) is 0 Å². The van der Waals surface area contributed by atoms with Crippen molar-refractivity contribution < 1.29 is 9.47 Å². The van der Waals surface area contributed by atoms with E-state index in [4.69, 9.17) is 21.1 Å². The Morgan fingerprint density at radius 3 is 2.87 bits per heavy atom. The number of halogens is 1. The van der Waals surface area contributed by atoms with Gasteiger partial charge in [-0.1, -0.05) is 35.5 Å². The Labute approximate surface area is 144 Å². The van der Waals surface area contributed by atoms with Crippen LogP contribution in [0.4, 0.5) is 0 Å². The fourth-order valence-electron chi connectivity index (χ4n) is 2.64. The first-order valence-electron chi connectivity index (χ1n) is 7.87. The van der Waals surface area contributed by atoms with E-state index in [1.54, 1.807) is 11.8 Å². The number of ether oxygens (including phenoxy) is 2. The van der Waals surface area contributed by atoms with E-state index in [2.05, 4.69) is 14.8 Å². The molecule has 1 atom stereocenters. The normalized spacial score (nSPS) is 20.8. The van der Waals surface area contributed by atoms with E-state index < -0.39 is 0 Å². The van der Waals surface area contributed by atoms with Gasteiger partial charge in [-0.05, 0) is 31.4 Å². The third-order valence-electron chi connectivity index (χ3n) is 4.00. The van der Waals surface area contributed by atoms with Gasteiger partial charge in [0.2, 0.25) is 0 Å². The van der Waals surface area contributed by atoms with Crippen LogP contribution in [0.25, 0.3) is 0 Å². The largest absolute Gasteiger partial charge is 0.484 e. The lowest BCUT2D eigenvalue weighted by atomic mass is 10.3.